The molecular weight excluding hydrogens is 250 g/mol. The van der Waals surface area contributed by atoms with Crippen LogP contribution in [0.2, 0.25) is 0 Å². The number of aliphatic hydroxyl groups excluding tert-OH is 1. The second-order valence-corrected chi connectivity index (χ2v) is 4.43. The largest absolute Gasteiger partial charge is 0.394 e. The average Bonchev–Trinajstić information content (AvgIpc) is 2.39. The summed E-state index contributed by atoms with van der Waals surface area (Å²) in [5.41, 5.74) is -1.80. The first-order valence-corrected chi connectivity index (χ1v) is 6.18. The molecule has 0 spiro atoms. The van der Waals surface area contributed by atoms with Gasteiger partial charge in [0.15, 0.2) is 0 Å². The third-order valence-corrected chi connectivity index (χ3v) is 3.27. The van der Waals surface area contributed by atoms with Gasteiger partial charge >= 0.3 is 5.69 Å². The third kappa shape index (κ3) is 3.78. The molecule has 0 saturated carbocycles. The summed E-state index contributed by atoms with van der Waals surface area (Å²) < 4.78 is 1.10. The van der Waals surface area contributed by atoms with E-state index in [2.05, 4.69) is 10.3 Å². The van der Waals surface area contributed by atoms with Gasteiger partial charge in [0.1, 0.15) is 6.54 Å². The minimum absolute atomic E-state index is 0.160. The second kappa shape index (κ2) is 6.33. The van der Waals surface area contributed by atoms with E-state index in [4.69, 9.17) is 0 Å². The van der Waals surface area contributed by atoms with Gasteiger partial charge in [-0.05, 0) is 12.8 Å². The van der Waals surface area contributed by atoms with Gasteiger partial charge in [-0.1, -0.05) is 13.8 Å². The molecular formula is C12H19N3O4. The summed E-state index contributed by atoms with van der Waals surface area (Å²) in [5, 5.41) is 12.1. The fourth-order valence-electron chi connectivity index (χ4n) is 1.75. The summed E-state index contributed by atoms with van der Waals surface area (Å²) in [4.78, 5) is 36.3. The highest BCUT2D eigenvalue weighted by atomic mass is 16.3. The SMILES string of the molecule is CCC(CC)(CO)NC(=O)Cn1ccc(=O)[nH]c1=O. The van der Waals surface area contributed by atoms with Crippen LogP contribution in [0.1, 0.15) is 26.7 Å². The highest BCUT2D eigenvalue weighted by molar-refractivity contribution is 5.76. The van der Waals surface area contributed by atoms with Crippen molar-refractivity contribution in [3.8, 4) is 0 Å². The number of aliphatic hydroxyl groups is 1. The minimum Gasteiger partial charge on any atom is -0.394 e. The summed E-state index contributed by atoms with van der Waals surface area (Å²) in [6.45, 7) is 3.38. The van der Waals surface area contributed by atoms with Crippen molar-refractivity contribution in [1.82, 2.24) is 14.9 Å². The zero-order valence-electron chi connectivity index (χ0n) is 11.1. The lowest BCUT2D eigenvalue weighted by molar-refractivity contribution is -0.124. The Morgan fingerprint density at radius 3 is 2.53 bits per heavy atom. The monoisotopic (exact) mass is 269 g/mol. The number of aromatic amines is 1. The fourth-order valence-corrected chi connectivity index (χ4v) is 1.75. The molecule has 3 N–H and O–H groups in total. The molecule has 1 heterocycles. The van der Waals surface area contributed by atoms with E-state index in [1.54, 1.807) is 0 Å². The van der Waals surface area contributed by atoms with Crippen LogP contribution in [0, 0.1) is 0 Å². The number of carbonyl (C=O) groups is 1. The van der Waals surface area contributed by atoms with Crippen LogP contribution in [0.25, 0.3) is 0 Å². The van der Waals surface area contributed by atoms with Crippen molar-refractivity contribution in [3.63, 3.8) is 0 Å². The molecule has 1 amide bonds. The minimum atomic E-state index is -0.664. The molecule has 7 heteroatoms. The van der Waals surface area contributed by atoms with Crippen LogP contribution in [0.4, 0.5) is 0 Å². The van der Waals surface area contributed by atoms with E-state index < -0.39 is 16.8 Å². The van der Waals surface area contributed by atoms with E-state index in [1.807, 2.05) is 13.8 Å². The van der Waals surface area contributed by atoms with Crippen molar-refractivity contribution < 1.29 is 9.90 Å². The van der Waals surface area contributed by atoms with Gasteiger partial charge in [-0.25, -0.2) is 4.79 Å². The Balaban J connectivity index is 2.80. The number of rotatable bonds is 6. The van der Waals surface area contributed by atoms with E-state index in [0.29, 0.717) is 12.8 Å². The van der Waals surface area contributed by atoms with Crippen LogP contribution >= 0.6 is 0 Å². The summed E-state index contributed by atoms with van der Waals surface area (Å²) >= 11 is 0. The highest BCUT2D eigenvalue weighted by Gasteiger charge is 2.27. The van der Waals surface area contributed by atoms with E-state index in [0.717, 1.165) is 4.57 Å². The highest BCUT2D eigenvalue weighted by Crippen LogP contribution is 2.13. The predicted molar refractivity (Wildman–Crippen MR) is 69.9 cm³/mol. The van der Waals surface area contributed by atoms with E-state index in [9.17, 15) is 19.5 Å². The van der Waals surface area contributed by atoms with Gasteiger partial charge in [0.05, 0.1) is 12.1 Å². The van der Waals surface area contributed by atoms with Crippen LogP contribution in [0.5, 0.6) is 0 Å². The summed E-state index contributed by atoms with van der Waals surface area (Å²) in [5.74, 6) is -0.383. The topological polar surface area (TPSA) is 104 Å². The molecule has 7 nitrogen and oxygen atoms in total. The Hall–Kier alpha value is -1.89. The van der Waals surface area contributed by atoms with Crippen molar-refractivity contribution in [3.05, 3.63) is 33.1 Å². The van der Waals surface area contributed by atoms with Gasteiger partial charge in [-0.15, -0.1) is 0 Å². The van der Waals surface area contributed by atoms with Gasteiger partial charge < -0.3 is 10.4 Å². The molecule has 0 radical (unpaired) electrons. The van der Waals surface area contributed by atoms with Gasteiger partial charge in [-0.2, -0.15) is 0 Å². The van der Waals surface area contributed by atoms with Crippen LogP contribution in [0.15, 0.2) is 21.9 Å². The summed E-state index contributed by atoms with van der Waals surface area (Å²) in [6.07, 6.45) is 2.44. The summed E-state index contributed by atoms with van der Waals surface area (Å²) in [7, 11) is 0. The molecule has 1 aromatic rings. The third-order valence-electron chi connectivity index (χ3n) is 3.27. The lowest BCUT2D eigenvalue weighted by Crippen LogP contribution is -2.52. The number of nitrogens with zero attached hydrogens (tertiary/aromatic N) is 1. The standard InChI is InChI=1S/C12H19N3O4/c1-3-12(4-2,8-16)14-10(18)7-15-6-5-9(17)13-11(15)19/h5-6,16H,3-4,7-8H2,1-2H3,(H,14,18)(H,13,17,19). The molecule has 0 saturated heterocycles. The molecule has 0 atom stereocenters. The van der Waals surface area contributed by atoms with Crippen molar-refractivity contribution in [2.45, 2.75) is 38.8 Å². The van der Waals surface area contributed by atoms with Crippen molar-refractivity contribution in [2.24, 2.45) is 0 Å². The maximum Gasteiger partial charge on any atom is 0.328 e. The van der Waals surface area contributed by atoms with E-state index in [-0.39, 0.29) is 19.1 Å². The molecule has 0 unspecified atom stereocenters. The number of nitrogens with one attached hydrogen (secondary N) is 2. The Morgan fingerprint density at radius 2 is 2.05 bits per heavy atom. The van der Waals surface area contributed by atoms with Crippen LogP contribution in [-0.4, -0.2) is 32.7 Å². The smallest absolute Gasteiger partial charge is 0.328 e. The Labute approximate surface area is 110 Å². The number of carbonyl (C=O) groups excluding carboxylic acids is 1. The maximum atomic E-state index is 11.9. The summed E-state index contributed by atoms with van der Waals surface area (Å²) in [6, 6.07) is 1.17. The first kappa shape index (κ1) is 15.2. The van der Waals surface area contributed by atoms with Crippen molar-refractivity contribution >= 4 is 5.91 Å². The molecule has 106 valence electrons. The van der Waals surface area contributed by atoms with Crippen LogP contribution in [0.3, 0.4) is 0 Å². The molecule has 1 aromatic heterocycles. The first-order chi connectivity index (χ1) is 8.96. The van der Waals surface area contributed by atoms with Crippen LogP contribution < -0.4 is 16.6 Å². The number of aromatic nitrogens is 2. The zero-order valence-corrected chi connectivity index (χ0v) is 11.1. The maximum absolute atomic E-state index is 11.9. The van der Waals surface area contributed by atoms with Gasteiger partial charge in [-0.3, -0.25) is 19.1 Å². The van der Waals surface area contributed by atoms with Crippen LogP contribution in [-0.2, 0) is 11.3 Å². The molecule has 0 aromatic carbocycles. The Kier molecular flexibility index (Phi) is 5.05. The van der Waals surface area contributed by atoms with Crippen molar-refractivity contribution in [2.75, 3.05) is 6.61 Å². The van der Waals surface area contributed by atoms with Gasteiger partial charge in [0, 0.05) is 12.3 Å². The molecule has 0 aliphatic rings. The number of amides is 1. The number of H-pyrrole nitrogens is 1. The lowest BCUT2D eigenvalue weighted by Gasteiger charge is -2.30. The number of hydrogen-bond acceptors (Lipinski definition) is 4. The Morgan fingerprint density at radius 1 is 1.42 bits per heavy atom. The second-order valence-electron chi connectivity index (χ2n) is 4.43. The predicted octanol–water partition coefficient (Wildman–Crippen LogP) is -0.796. The van der Waals surface area contributed by atoms with E-state index in [1.165, 1.54) is 12.3 Å². The molecule has 0 aliphatic carbocycles. The van der Waals surface area contributed by atoms with Gasteiger partial charge in [0.25, 0.3) is 5.56 Å². The quantitative estimate of drug-likeness (QED) is 0.629. The molecule has 0 bridgehead atoms. The average molecular weight is 269 g/mol. The lowest BCUT2D eigenvalue weighted by atomic mass is 9.94. The Bertz CT molecular complexity index is 534. The zero-order chi connectivity index (χ0) is 14.5. The molecule has 0 fully saturated rings. The first-order valence-electron chi connectivity index (χ1n) is 6.18. The fraction of sp³-hybridized carbons (Fsp3) is 0.583. The number of hydrogen-bond donors (Lipinski definition) is 3. The van der Waals surface area contributed by atoms with Crippen molar-refractivity contribution in [1.29, 1.82) is 0 Å². The molecule has 19 heavy (non-hydrogen) atoms. The normalized spacial score (nSPS) is 11.3. The van der Waals surface area contributed by atoms with E-state index >= 15 is 0 Å². The van der Waals surface area contributed by atoms with Gasteiger partial charge in [0.2, 0.25) is 5.91 Å². The molecule has 1 rings (SSSR count). The molecule has 0 aliphatic heterocycles.